The van der Waals surface area contributed by atoms with Crippen LogP contribution in [0.25, 0.3) is 0 Å². The third-order valence-electron chi connectivity index (χ3n) is 2.97. The Bertz CT molecular complexity index is 374. The molecule has 1 fully saturated rings. The minimum atomic E-state index is -0.754. The van der Waals surface area contributed by atoms with Gasteiger partial charge in [-0.15, -0.1) is 0 Å². The molecule has 4 heteroatoms. The number of rotatable bonds is 3. The van der Waals surface area contributed by atoms with Gasteiger partial charge < -0.3 is 15.1 Å². The first-order valence-corrected chi connectivity index (χ1v) is 5.44. The Balaban J connectivity index is 2.13. The number of carboxylic acids is 1. The second kappa shape index (κ2) is 4.43. The Morgan fingerprint density at radius 3 is 2.69 bits per heavy atom. The Labute approximate surface area is 94.1 Å². The highest BCUT2D eigenvalue weighted by Crippen LogP contribution is 2.28. The van der Waals surface area contributed by atoms with Crippen molar-refractivity contribution in [3.8, 4) is 5.75 Å². The van der Waals surface area contributed by atoms with E-state index < -0.39 is 5.97 Å². The van der Waals surface area contributed by atoms with Crippen molar-refractivity contribution in [1.29, 1.82) is 0 Å². The van der Waals surface area contributed by atoms with E-state index in [4.69, 9.17) is 5.11 Å². The van der Waals surface area contributed by atoms with Crippen LogP contribution in [0.2, 0.25) is 0 Å². The maximum absolute atomic E-state index is 10.7. The molecule has 0 amide bonds. The van der Waals surface area contributed by atoms with Crippen LogP contribution >= 0.6 is 0 Å². The normalized spacial score (nSPS) is 20.0. The molecule has 0 saturated carbocycles. The number of phenolic OH excluding ortho intramolecular Hbond substituents is 1. The molecule has 0 spiro atoms. The Kier molecular flexibility index (Phi) is 2.99. The second-order valence-corrected chi connectivity index (χ2v) is 4.10. The molecule has 0 aliphatic carbocycles. The van der Waals surface area contributed by atoms with E-state index >= 15 is 0 Å². The molecule has 0 bridgehead atoms. The van der Waals surface area contributed by atoms with E-state index in [-0.39, 0.29) is 18.2 Å². The topological polar surface area (TPSA) is 60.8 Å². The number of carboxylic acid groups (broad SMARTS) is 1. The lowest BCUT2D eigenvalue weighted by molar-refractivity contribution is -0.137. The number of hydrogen-bond acceptors (Lipinski definition) is 3. The highest BCUT2D eigenvalue weighted by atomic mass is 16.4. The monoisotopic (exact) mass is 221 g/mol. The summed E-state index contributed by atoms with van der Waals surface area (Å²) in [6.45, 7) is 0.892. The first-order valence-electron chi connectivity index (χ1n) is 5.44. The number of benzene rings is 1. The van der Waals surface area contributed by atoms with Crippen LogP contribution in [0.3, 0.4) is 0 Å². The number of aromatic hydroxyl groups is 1. The van der Waals surface area contributed by atoms with Gasteiger partial charge >= 0.3 is 5.97 Å². The van der Waals surface area contributed by atoms with Crippen molar-refractivity contribution in [2.45, 2.75) is 25.3 Å². The molecule has 1 aliphatic rings. The molecule has 0 aromatic heterocycles. The largest absolute Gasteiger partial charge is 0.508 e. The van der Waals surface area contributed by atoms with Crippen molar-refractivity contribution in [3.05, 3.63) is 24.3 Å². The molecule has 1 aliphatic heterocycles. The lowest BCUT2D eigenvalue weighted by Gasteiger charge is -2.25. The summed E-state index contributed by atoms with van der Waals surface area (Å²) in [5.41, 5.74) is 0.988. The Morgan fingerprint density at radius 2 is 2.06 bits per heavy atom. The van der Waals surface area contributed by atoms with Gasteiger partial charge in [0, 0.05) is 18.3 Å². The molecular weight excluding hydrogens is 206 g/mol. The lowest BCUT2D eigenvalue weighted by atomic mass is 10.1. The molecule has 1 unspecified atom stereocenters. The third kappa shape index (κ3) is 2.27. The summed E-state index contributed by atoms with van der Waals surface area (Å²) in [6.07, 6.45) is 2.13. The summed E-state index contributed by atoms with van der Waals surface area (Å²) in [4.78, 5) is 12.8. The van der Waals surface area contributed by atoms with Crippen molar-refractivity contribution in [3.63, 3.8) is 0 Å². The van der Waals surface area contributed by atoms with E-state index in [0.717, 1.165) is 25.1 Å². The molecule has 1 aromatic carbocycles. The highest BCUT2D eigenvalue weighted by Gasteiger charge is 2.26. The molecular formula is C12H15NO3. The quantitative estimate of drug-likeness (QED) is 0.817. The Morgan fingerprint density at radius 1 is 1.38 bits per heavy atom. The van der Waals surface area contributed by atoms with Gasteiger partial charge in [-0.25, -0.2) is 0 Å². The maximum atomic E-state index is 10.7. The van der Waals surface area contributed by atoms with Crippen molar-refractivity contribution in [1.82, 2.24) is 0 Å². The van der Waals surface area contributed by atoms with Crippen LogP contribution in [0.5, 0.6) is 5.75 Å². The van der Waals surface area contributed by atoms with E-state index in [9.17, 15) is 9.90 Å². The summed E-state index contributed by atoms with van der Waals surface area (Å²) in [7, 11) is 0. The minimum Gasteiger partial charge on any atom is -0.508 e. The summed E-state index contributed by atoms with van der Waals surface area (Å²) in [5, 5.41) is 18.0. The molecule has 0 radical (unpaired) electrons. The SMILES string of the molecule is O=C(O)CC1CCCN1c1ccc(O)cc1. The predicted octanol–water partition coefficient (Wildman–Crippen LogP) is 1.84. The Hall–Kier alpha value is -1.71. The molecule has 2 N–H and O–H groups in total. The smallest absolute Gasteiger partial charge is 0.305 e. The average Bonchev–Trinajstić information content (AvgIpc) is 2.66. The molecule has 86 valence electrons. The van der Waals surface area contributed by atoms with E-state index in [2.05, 4.69) is 4.90 Å². The van der Waals surface area contributed by atoms with Crippen LogP contribution in [0.1, 0.15) is 19.3 Å². The number of nitrogens with zero attached hydrogens (tertiary/aromatic N) is 1. The van der Waals surface area contributed by atoms with Crippen molar-refractivity contribution < 1.29 is 15.0 Å². The fourth-order valence-corrected chi connectivity index (χ4v) is 2.23. The fraction of sp³-hybridized carbons (Fsp3) is 0.417. The highest BCUT2D eigenvalue weighted by molar-refractivity contribution is 5.69. The zero-order chi connectivity index (χ0) is 11.5. The number of aliphatic carboxylic acids is 1. The van der Waals surface area contributed by atoms with Gasteiger partial charge in [0.05, 0.1) is 6.42 Å². The molecule has 1 heterocycles. The molecule has 1 saturated heterocycles. The fourth-order valence-electron chi connectivity index (χ4n) is 2.23. The summed E-state index contributed by atoms with van der Waals surface area (Å²) in [6, 6.07) is 7.00. The third-order valence-corrected chi connectivity index (χ3v) is 2.97. The lowest BCUT2D eigenvalue weighted by Crippen LogP contribution is -2.31. The molecule has 1 aromatic rings. The zero-order valence-electron chi connectivity index (χ0n) is 8.97. The van der Waals surface area contributed by atoms with Crippen LogP contribution in [-0.2, 0) is 4.79 Å². The van der Waals surface area contributed by atoms with Gasteiger partial charge in [-0.2, -0.15) is 0 Å². The van der Waals surface area contributed by atoms with E-state index in [1.807, 2.05) is 12.1 Å². The number of phenols is 1. The van der Waals surface area contributed by atoms with Gasteiger partial charge in [0.15, 0.2) is 0 Å². The van der Waals surface area contributed by atoms with Crippen molar-refractivity contribution >= 4 is 11.7 Å². The first kappa shape index (κ1) is 10.8. The summed E-state index contributed by atoms with van der Waals surface area (Å²) >= 11 is 0. The molecule has 16 heavy (non-hydrogen) atoms. The average molecular weight is 221 g/mol. The number of anilines is 1. The maximum Gasteiger partial charge on any atom is 0.305 e. The van der Waals surface area contributed by atoms with Gasteiger partial charge in [-0.1, -0.05) is 0 Å². The van der Waals surface area contributed by atoms with Gasteiger partial charge in [0.2, 0.25) is 0 Å². The minimum absolute atomic E-state index is 0.0852. The van der Waals surface area contributed by atoms with Crippen LogP contribution < -0.4 is 4.90 Å². The van der Waals surface area contributed by atoms with E-state index in [1.165, 1.54) is 0 Å². The predicted molar refractivity (Wildman–Crippen MR) is 60.7 cm³/mol. The summed E-state index contributed by atoms with van der Waals surface area (Å²) < 4.78 is 0. The van der Waals surface area contributed by atoms with E-state index in [1.54, 1.807) is 12.1 Å². The van der Waals surface area contributed by atoms with Gasteiger partial charge in [0.1, 0.15) is 5.75 Å². The van der Waals surface area contributed by atoms with Crippen LogP contribution in [0, 0.1) is 0 Å². The molecule has 4 nitrogen and oxygen atoms in total. The number of hydrogen-bond donors (Lipinski definition) is 2. The summed E-state index contributed by atoms with van der Waals surface area (Å²) in [5.74, 6) is -0.520. The zero-order valence-corrected chi connectivity index (χ0v) is 8.97. The van der Waals surface area contributed by atoms with Gasteiger partial charge in [0.25, 0.3) is 0 Å². The number of carbonyl (C=O) groups is 1. The molecule has 1 atom stereocenters. The van der Waals surface area contributed by atoms with Crippen LogP contribution in [0.4, 0.5) is 5.69 Å². The molecule has 2 rings (SSSR count). The second-order valence-electron chi connectivity index (χ2n) is 4.10. The van der Waals surface area contributed by atoms with E-state index in [0.29, 0.717) is 0 Å². The van der Waals surface area contributed by atoms with Crippen LogP contribution in [0.15, 0.2) is 24.3 Å². The van der Waals surface area contributed by atoms with Gasteiger partial charge in [-0.3, -0.25) is 4.79 Å². The van der Waals surface area contributed by atoms with Crippen LogP contribution in [-0.4, -0.2) is 28.8 Å². The standard InChI is InChI=1S/C12H15NO3/c14-11-5-3-9(4-6-11)13-7-1-2-10(13)8-12(15)16/h3-6,10,14H,1-2,7-8H2,(H,15,16). The first-order chi connectivity index (χ1) is 7.66. The van der Waals surface area contributed by atoms with Gasteiger partial charge in [-0.05, 0) is 37.1 Å². The van der Waals surface area contributed by atoms with Crippen molar-refractivity contribution in [2.24, 2.45) is 0 Å². The van der Waals surface area contributed by atoms with Crippen molar-refractivity contribution in [2.75, 3.05) is 11.4 Å².